The Labute approximate surface area is 165 Å². The van der Waals surface area contributed by atoms with E-state index in [1.165, 1.54) is 24.1 Å². The number of hydrogen-bond acceptors (Lipinski definition) is 4. The van der Waals surface area contributed by atoms with Crippen LogP contribution in [0, 0.1) is 0 Å². The van der Waals surface area contributed by atoms with Gasteiger partial charge < -0.3 is 19.5 Å². The van der Waals surface area contributed by atoms with Gasteiger partial charge in [0, 0.05) is 25.5 Å². The number of alkyl halides is 3. The van der Waals surface area contributed by atoms with Crippen LogP contribution in [0.2, 0.25) is 0 Å². The standard InChI is InChI=1S/C21H20F3NO4/c1-25-17-8-7-15(28-2)10-16(17)20(19(25)27)11-14(26)9-18(29-20)12-3-5-13(6-4-12)21(22,23)24/h3-8,10,14,18,26H,9,11H2,1-2H3/t14-,18+,20-/m0/s1. The van der Waals surface area contributed by atoms with E-state index in [0.717, 1.165) is 12.1 Å². The van der Waals surface area contributed by atoms with E-state index in [9.17, 15) is 23.1 Å². The van der Waals surface area contributed by atoms with Crippen LogP contribution in [0.5, 0.6) is 5.75 Å². The molecular weight excluding hydrogens is 387 g/mol. The molecule has 2 aromatic rings. The number of aliphatic hydroxyl groups excluding tert-OH is 1. The van der Waals surface area contributed by atoms with Gasteiger partial charge in [0.05, 0.1) is 30.6 Å². The Morgan fingerprint density at radius 3 is 2.52 bits per heavy atom. The highest BCUT2D eigenvalue weighted by molar-refractivity contribution is 6.07. The summed E-state index contributed by atoms with van der Waals surface area (Å²) in [5.74, 6) is 0.220. The van der Waals surface area contributed by atoms with E-state index in [0.29, 0.717) is 22.6 Å². The molecule has 0 bridgehead atoms. The number of carbonyl (C=O) groups is 1. The summed E-state index contributed by atoms with van der Waals surface area (Å²) in [7, 11) is 3.14. The van der Waals surface area contributed by atoms with Crippen molar-refractivity contribution in [3.8, 4) is 5.75 Å². The number of rotatable bonds is 2. The highest BCUT2D eigenvalue weighted by Crippen LogP contribution is 2.52. The molecule has 0 aliphatic carbocycles. The van der Waals surface area contributed by atoms with Crippen LogP contribution in [0.1, 0.15) is 35.6 Å². The number of ether oxygens (including phenoxy) is 2. The van der Waals surface area contributed by atoms with Crippen LogP contribution in [-0.4, -0.2) is 31.3 Å². The van der Waals surface area contributed by atoms with Crippen molar-refractivity contribution >= 4 is 11.6 Å². The first-order valence-electron chi connectivity index (χ1n) is 9.15. The molecular formula is C21H20F3NO4. The van der Waals surface area contributed by atoms with Gasteiger partial charge in [-0.3, -0.25) is 4.79 Å². The second kappa shape index (κ2) is 6.74. The lowest BCUT2D eigenvalue weighted by atomic mass is 9.83. The number of nitrogens with zero attached hydrogens (tertiary/aromatic N) is 1. The molecule has 0 unspecified atom stereocenters. The molecule has 3 atom stereocenters. The van der Waals surface area contributed by atoms with Crippen molar-refractivity contribution < 1.29 is 32.5 Å². The van der Waals surface area contributed by atoms with Gasteiger partial charge in [0.15, 0.2) is 5.60 Å². The summed E-state index contributed by atoms with van der Waals surface area (Å²) in [6.45, 7) is 0. The Kier molecular flexibility index (Phi) is 4.59. The number of methoxy groups -OCH3 is 1. The van der Waals surface area contributed by atoms with Crippen LogP contribution in [0.4, 0.5) is 18.9 Å². The lowest BCUT2D eigenvalue weighted by molar-refractivity contribution is -0.181. The summed E-state index contributed by atoms with van der Waals surface area (Å²) in [6, 6.07) is 9.80. The fourth-order valence-electron chi connectivity index (χ4n) is 4.16. The molecule has 2 aromatic carbocycles. The molecule has 1 fully saturated rings. The lowest BCUT2D eigenvalue weighted by Gasteiger charge is -2.40. The van der Waals surface area contributed by atoms with Gasteiger partial charge in [0.2, 0.25) is 0 Å². The van der Waals surface area contributed by atoms with Crippen LogP contribution >= 0.6 is 0 Å². The highest BCUT2D eigenvalue weighted by Gasteiger charge is 2.55. The number of halogens is 3. The fraction of sp³-hybridized carbons (Fsp3) is 0.381. The summed E-state index contributed by atoms with van der Waals surface area (Å²) >= 11 is 0. The number of hydrogen-bond donors (Lipinski definition) is 1. The van der Waals surface area contributed by atoms with Crippen molar-refractivity contribution in [2.45, 2.75) is 36.8 Å². The molecule has 5 nitrogen and oxygen atoms in total. The number of likely N-dealkylation sites (N-methyl/N-ethyl adjacent to an activating group) is 1. The highest BCUT2D eigenvalue weighted by atomic mass is 19.4. The van der Waals surface area contributed by atoms with Gasteiger partial charge in [-0.15, -0.1) is 0 Å². The number of fused-ring (bicyclic) bond motifs is 2. The van der Waals surface area contributed by atoms with Gasteiger partial charge >= 0.3 is 6.18 Å². The first kappa shape index (κ1) is 19.7. The zero-order valence-corrected chi connectivity index (χ0v) is 15.9. The third-order valence-electron chi connectivity index (χ3n) is 5.61. The molecule has 2 aliphatic rings. The summed E-state index contributed by atoms with van der Waals surface area (Å²) in [5.41, 5.74) is -0.470. The van der Waals surface area contributed by atoms with Gasteiger partial charge in [0.25, 0.3) is 5.91 Å². The molecule has 1 saturated heterocycles. The molecule has 1 N–H and O–H groups in total. The maximum absolute atomic E-state index is 13.1. The first-order chi connectivity index (χ1) is 13.7. The van der Waals surface area contributed by atoms with Crippen molar-refractivity contribution in [2.75, 3.05) is 19.1 Å². The molecule has 0 aromatic heterocycles. The minimum atomic E-state index is -4.44. The van der Waals surface area contributed by atoms with Crippen molar-refractivity contribution in [3.05, 3.63) is 59.2 Å². The van der Waals surface area contributed by atoms with E-state index >= 15 is 0 Å². The lowest BCUT2D eigenvalue weighted by Crippen LogP contribution is -2.47. The maximum atomic E-state index is 13.1. The van der Waals surface area contributed by atoms with Crippen molar-refractivity contribution in [3.63, 3.8) is 0 Å². The second-order valence-corrected chi connectivity index (χ2v) is 7.39. The summed E-state index contributed by atoms with van der Waals surface area (Å²) in [5, 5.41) is 10.5. The largest absolute Gasteiger partial charge is 0.497 e. The van der Waals surface area contributed by atoms with E-state index in [2.05, 4.69) is 0 Å². The number of carbonyl (C=O) groups excluding carboxylic acids is 1. The summed E-state index contributed by atoms with van der Waals surface area (Å²) < 4.78 is 50.1. The first-order valence-corrected chi connectivity index (χ1v) is 9.15. The quantitative estimate of drug-likeness (QED) is 0.823. The normalized spacial score (nSPS) is 26.7. The topological polar surface area (TPSA) is 59.0 Å². The van der Waals surface area contributed by atoms with Crippen molar-refractivity contribution in [2.24, 2.45) is 0 Å². The van der Waals surface area contributed by atoms with Crippen molar-refractivity contribution in [1.29, 1.82) is 0 Å². The van der Waals surface area contributed by atoms with E-state index < -0.39 is 29.5 Å². The smallest absolute Gasteiger partial charge is 0.416 e. The number of aliphatic hydroxyl groups is 1. The predicted octanol–water partition coefficient (Wildman–Crippen LogP) is 3.80. The molecule has 1 spiro atoms. The molecule has 2 aliphatic heterocycles. The maximum Gasteiger partial charge on any atom is 0.416 e. The van der Waals surface area contributed by atoms with Crippen LogP contribution in [0.15, 0.2) is 42.5 Å². The Hall–Kier alpha value is -2.58. The Bertz CT molecular complexity index is 944. The fourth-order valence-corrected chi connectivity index (χ4v) is 4.16. The molecule has 4 rings (SSSR count). The van der Waals surface area contributed by atoms with Crippen LogP contribution in [-0.2, 0) is 21.3 Å². The zero-order chi connectivity index (χ0) is 21.0. The molecule has 29 heavy (non-hydrogen) atoms. The van der Waals surface area contributed by atoms with Gasteiger partial charge in [-0.25, -0.2) is 0 Å². The minimum absolute atomic E-state index is 0.0630. The van der Waals surface area contributed by atoms with Crippen LogP contribution in [0.25, 0.3) is 0 Å². The molecule has 0 radical (unpaired) electrons. The van der Waals surface area contributed by atoms with Crippen LogP contribution in [0.3, 0.4) is 0 Å². The van der Waals surface area contributed by atoms with Crippen LogP contribution < -0.4 is 9.64 Å². The molecule has 2 heterocycles. The van der Waals surface area contributed by atoms with E-state index in [1.807, 2.05) is 0 Å². The van der Waals surface area contributed by atoms with E-state index in [4.69, 9.17) is 9.47 Å². The number of anilines is 1. The van der Waals surface area contributed by atoms with Gasteiger partial charge in [0.1, 0.15) is 5.75 Å². The Morgan fingerprint density at radius 1 is 1.21 bits per heavy atom. The van der Waals surface area contributed by atoms with E-state index in [-0.39, 0.29) is 18.7 Å². The average Bonchev–Trinajstić information content (AvgIpc) is 2.88. The van der Waals surface area contributed by atoms with Gasteiger partial charge in [-0.2, -0.15) is 13.2 Å². The summed E-state index contributed by atoms with van der Waals surface area (Å²) in [4.78, 5) is 14.6. The summed E-state index contributed by atoms with van der Waals surface area (Å²) in [6.07, 6.45) is -5.77. The molecule has 0 saturated carbocycles. The van der Waals surface area contributed by atoms with Gasteiger partial charge in [-0.1, -0.05) is 12.1 Å². The average molecular weight is 407 g/mol. The Morgan fingerprint density at radius 2 is 1.90 bits per heavy atom. The SMILES string of the molecule is COc1ccc2c(c1)[C@@]1(C[C@@H](O)C[C@H](c3ccc(C(F)(F)F)cc3)O1)C(=O)N2C. The predicted molar refractivity (Wildman–Crippen MR) is 98.6 cm³/mol. The monoisotopic (exact) mass is 407 g/mol. The molecule has 154 valence electrons. The minimum Gasteiger partial charge on any atom is -0.497 e. The second-order valence-electron chi connectivity index (χ2n) is 7.39. The number of amides is 1. The number of benzene rings is 2. The van der Waals surface area contributed by atoms with Gasteiger partial charge in [-0.05, 0) is 35.9 Å². The molecule has 8 heteroatoms. The Balaban J connectivity index is 1.74. The third kappa shape index (κ3) is 3.16. The van der Waals surface area contributed by atoms with E-state index in [1.54, 1.807) is 25.2 Å². The molecule has 1 amide bonds. The van der Waals surface area contributed by atoms with Crippen molar-refractivity contribution in [1.82, 2.24) is 0 Å². The third-order valence-corrected chi connectivity index (χ3v) is 5.61. The zero-order valence-electron chi connectivity index (χ0n) is 15.9.